The SMILES string of the molecule is CC[C@H](O)C1(C23C=NCN(O)C2NC(=O)N3CCC(F)(F)F)CCCO1. The number of alkyl halides is 3. The minimum absolute atomic E-state index is 0.141. The van der Waals surface area contributed by atoms with E-state index in [4.69, 9.17) is 4.74 Å². The van der Waals surface area contributed by atoms with Crippen LogP contribution in [-0.4, -0.2) is 81.9 Å². The molecule has 0 bridgehead atoms. The van der Waals surface area contributed by atoms with Crippen molar-refractivity contribution in [3.63, 3.8) is 0 Å². The van der Waals surface area contributed by atoms with E-state index in [0.29, 0.717) is 19.4 Å². The highest BCUT2D eigenvalue weighted by atomic mass is 19.4. The lowest BCUT2D eigenvalue weighted by Gasteiger charge is -2.53. The summed E-state index contributed by atoms with van der Waals surface area (Å²) < 4.78 is 44.4. The van der Waals surface area contributed by atoms with Gasteiger partial charge in [0, 0.05) is 19.4 Å². The van der Waals surface area contributed by atoms with Gasteiger partial charge in [-0.3, -0.25) is 4.99 Å². The van der Waals surface area contributed by atoms with Crippen molar-refractivity contribution in [1.29, 1.82) is 0 Å². The average Bonchev–Trinajstić information content (AvgIpc) is 3.16. The monoisotopic (exact) mass is 380 g/mol. The zero-order valence-electron chi connectivity index (χ0n) is 14.4. The van der Waals surface area contributed by atoms with Gasteiger partial charge in [-0.15, -0.1) is 5.06 Å². The van der Waals surface area contributed by atoms with Gasteiger partial charge in [0.05, 0.1) is 12.5 Å². The van der Waals surface area contributed by atoms with Crippen LogP contribution in [0, 0.1) is 0 Å². The summed E-state index contributed by atoms with van der Waals surface area (Å²) in [5, 5.41) is 24.3. The van der Waals surface area contributed by atoms with Crippen LogP contribution in [0.3, 0.4) is 0 Å². The fraction of sp³-hybridized carbons (Fsp3) is 0.867. The molecule has 0 spiro atoms. The van der Waals surface area contributed by atoms with Gasteiger partial charge >= 0.3 is 12.2 Å². The number of aliphatic hydroxyl groups excluding tert-OH is 1. The molecule has 0 aromatic carbocycles. The van der Waals surface area contributed by atoms with Crippen LogP contribution in [0.15, 0.2) is 4.99 Å². The van der Waals surface area contributed by atoms with Gasteiger partial charge in [-0.2, -0.15) is 13.2 Å². The van der Waals surface area contributed by atoms with Crippen LogP contribution in [-0.2, 0) is 4.74 Å². The number of ether oxygens (including phenoxy) is 1. The Morgan fingerprint density at radius 2 is 2.27 bits per heavy atom. The first kappa shape index (κ1) is 19.3. The van der Waals surface area contributed by atoms with Gasteiger partial charge < -0.3 is 25.3 Å². The molecule has 0 saturated carbocycles. The van der Waals surface area contributed by atoms with Crippen molar-refractivity contribution < 1.29 is 33.0 Å². The number of nitrogens with one attached hydrogen (secondary N) is 1. The fourth-order valence-electron chi connectivity index (χ4n) is 4.34. The molecule has 8 nitrogen and oxygen atoms in total. The molecule has 3 unspecified atom stereocenters. The Bertz CT molecular complexity index is 582. The van der Waals surface area contributed by atoms with E-state index in [1.54, 1.807) is 6.92 Å². The predicted molar refractivity (Wildman–Crippen MR) is 83.6 cm³/mol. The molecular formula is C15H23F3N4O4. The van der Waals surface area contributed by atoms with Gasteiger partial charge in [-0.25, -0.2) is 4.79 Å². The van der Waals surface area contributed by atoms with Gasteiger partial charge in [0.1, 0.15) is 24.0 Å². The molecular weight excluding hydrogens is 357 g/mol. The lowest BCUT2D eigenvalue weighted by atomic mass is 9.70. The third-order valence-electron chi connectivity index (χ3n) is 5.46. The van der Waals surface area contributed by atoms with Crippen molar-refractivity contribution >= 4 is 12.2 Å². The Hall–Kier alpha value is -1.43. The highest BCUT2D eigenvalue weighted by Crippen LogP contribution is 2.48. The summed E-state index contributed by atoms with van der Waals surface area (Å²) in [5.74, 6) is 0. The first-order chi connectivity index (χ1) is 12.2. The van der Waals surface area contributed by atoms with Gasteiger partial charge in [-0.05, 0) is 19.3 Å². The molecule has 2 fully saturated rings. The normalized spacial score (nSPS) is 36.3. The number of rotatable bonds is 5. The fourth-order valence-corrected chi connectivity index (χ4v) is 4.34. The Kier molecular flexibility index (Phi) is 4.93. The number of halogens is 3. The number of aliphatic hydroxyl groups is 1. The number of nitrogens with zero attached hydrogens (tertiary/aromatic N) is 3. The molecule has 0 aromatic heterocycles. The number of fused-ring (bicyclic) bond motifs is 1. The van der Waals surface area contributed by atoms with E-state index in [-0.39, 0.29) is 13.1 Å². The molecule has 3 N–H and O–H groups in total. The van der Waals surface area contributed by atoms with Crippen molar-refractivity contribution in [3.05, 3.63) is 0 Å². The quantitative estimate of drug-likeness (QED) is 0.663. The number of hydroxylamine groups is 2. The summed E-state index contributed by atoms with van der Waals surface area (Å²) >= 11 is 0. The summed E-state index contributed by atoms with van der Waals surface area (Å²) in [6.07, 6.45) is -5.25. The minimum Gasteiger partial charge on any atom is -0.390 e. The smallest absolute Gasteiger partial charge is 0.390 e. The number of amides is 2. The molecule has 148 valence electrons. The molecule has 0 aromatic rings. The van der Waals surface area contributed by atoms with E-state index in [9.17, 15) is 28.3 Å². The highest BCUT2D eigenvalue weighted by Gasteiger charge is 2.70. The second-order valence-electron chi connectivity index (χ2n) is 6.85. The average molecular weight is 380 g/mol. The summed E-state index contributed by atoms with van der Waals surface area (Å²) in [7, 11) is 0. The van der Waals surface area contributed by atoms with Crippen LogP contribution in [0.1, 0.15) is 32.6 Å². The lowest BCUT2D eigenvalue weighted by Crippen LogP contribution is -2.76. The number of hydrogen-bond acceptors (Lipinski definition) is 6. The second kappa shape index (κ2) is 6.63. The maximum atomic E-state index is 12.8. The molecule has 3 heterocycles. The van der Waals surface area contributed by atoms with Crippen LogP contribution in [0.2, 0.25) is 0 Å². The number of aliphatic imine (C=N–C) groups is 1. The molecule has 26 heavy (non-hydrogen) atoms. The van der Waals surface area contributed by atoms with Crippen LogP contribution < -0.4 is 5.32 Å². The topological polar surface area (TPSA) is 97.6 Å². The van der Waals surface area contributed by atoms with Crippen molar-refractivity contribution in [2.45, 2.75) is 62.2 Å². The summed E-state index contributed by atoms with van der Waals surface area (Å²) in [6, 6.07) is -0.759. The Morgan fingerprint density at radius 1 is 1.54 bits per heavy atom. The van der Waals surface area contributed by atoms with E-state index >= 15 is 0 Å². The summed E-state index contributed by atoms with van der Waals surface area (Å²) in [5.41, 5.74) is -2.91. The number of carbonyl (C=O) groups excluding carboxylic acids is 1. The molecule has 4 atom stereocenters. The van der Waals surface area contributed by atoms with Gasteiger partial charge in [0.2, 0.25) is 0 Å². The van der Waals surface area contributed by atoms with Crippen molar-refractivity contribution in [2.24, 2.45) is 4.99 Å². The van der Waals surface area contributed by atoms with Crippen LogP contribution in [0.25, 0.3) is 0 Å². The van der Waals surface area contributed by atoms with Gasteiger partial charge in [0.15, 0.2) is 0 Å². The maximum absolute atomic E-state index is 12.8. The highest BCUT2D eigenvalue weighted by molar-refractivity contribution is 5.89. The second-order valence-corrected chi connectivity index (χ2v) is 6.85. The molecule has 3 aliphatic rings. The maximum Gasteiger partial charge on any atom is 0.390 e. The predicted octanol–water partition coefficient (Wildman–Crippen LogP) is 1.08. The molecule has 0 radical (unpaired) electrons. The molecule has 3 rings (SSSR count). The molecule has 2 amide bonds. The third-order valence-corrected chi connectivity index (χ3v) is 5.46. The minimum atomic E-state index is -4.46. The Labute approximate surface area is 148 Å². The standard InChI is InChI=1S/C15H23F3N4O4/c1-2-10(23)14(4-3-7-26-14)13-8-19-9-22(25)11(13)20-12(24)21(13)6-5-15(16,17)18/h8,10-11,23,25H,2-7,9H2,1H3,(H,20,24)/t10-,11?,13?,14?/m0/s1. The van der Waals surface area contributed by atoms with Crippen LogP contribution >= 0.6 is 0 Å². The third kappa shape index (κ3) is 2.77. The first-order valence-corrected chi connectivity index (χ1v) is 8.61. The molecule has 0 aliphatic carbocycles. The van der Waals surface area contributed by atoms with Gasteiger partial charge in [0.25, 0.3) is 0 Å². The number of urea groups is 1. The van der Waals surface area contributed by atoms with E-state index in [1.807, 2.05) is 0 Å². The largest absolute Gasteiger partial charge is 0.390 e. The number of carbonyl (C=O) groups is 1. The Morgan fingerprint density at radius 3 is 2.85 bits per heavy atom. The zero-order valence-corrected chi connectivity index (χ0v) is 14.4. The van der Waals surface area contributed by atoms with Crippen molar-refractivity contribution in [1.82, 2.24) is 15.3 Å². The zero-order chi connectivity index (χ0) is 19.2. The summed E-state index contributed by atoms with van der Waals surface area (Å²) in [6.45, 7) is 1.25. The van der Waals surface area contributed by atoms with E-state index in [0.717, 1.165) is 9.96 Å². The number of hydrogen-bond donors (Lipinski definition) is 3. The van der Waals surface area contributed by atoms with Crippen LogP contribution in [0.5, 0.6) is 0 Å². The molecule has 11 heteroatoms. The van der Waals surface area contributed by atoms with E-state index in [2.05, 4.69) is 10.3 Å². The van der Waals surface area contributed by atoms with E-state index in [1.165, 1.54) is 6.21 Å². The lowest BCUT2D eigenvalue weighted by molar-refractivity contribution is -0.211. The Balaban J connectivity index is 2.10. The molecule has 2 saturated heterocycles. The van der Waals surface area contributed by atoms with E-state index < -0.39 is 48.6 Å². The molecule has 3 aliphatic heterocycles. The van der Waals surface area contributed by atoms with Crippen molar-refractivity contribution in [2.75, 3.05) is 19.8 Å². The summed E-state index contributed by atoms with van der Waals surface area (Å²) in [4.78, 5) is 17.6. The van der Waals surface area contributed by atoms with Crippen molar-refractivity contribution in [3.8, 4) is 0 Å². The van der Waals surface area contributed by atoms with Crippen LogP contribution in [0.4, 0.5) is 18.0 Å². The van der Waals surface area contributed by atoms with Gasteiger partial charge in [-0.1, -0.05) is 6.92 Å². The first-order valence-electron chi connectivity index (χ1n) is 8.61.